The van der Waals surface area contributed by atoms with Gasteiger partial charge in [-0.3, -0.25) is 4.90 Å². The highest BCUT2D eigenvalue weighted by atomic mass is 16.6. The fourth-order valence-electron chi connectivity index (χ4n) is 1.29. The SMILES string of the molecule is C=CCN(C(=O)OCCC)c1ccccc1. The zero-order chi connectivity index (χ0) is 11.8. The third-order valence-corrected chi connectivity index (χ3v) is 2.03. The molecule has 0 atom stereocenters. The summed E-state index contributed by atoms with van der Waals surface area (Å²) >= 11 is 0. The van der Waals surface area contributed by atoms with Gasteiger partial charge in [-0.1, -0.05) is 31.2 Å². The van der Waals surface area contributed by atoms with Gasteiger partial charge in [-0.25, -0.2) is 4.79 Å². The molecule has 0 fully saturated rings. The Bertz CT molecular complexity index is 335. The predicted molar refractivity (Wildman–Crippen MR) is 65.6 cm³/mol. The average Bonchev–Trinajstić information content (AvgIpc) is 2.34. The van der Waals surface area contributed by atoms with Gasteiger partial charge in [0, 0.05) is 12.2 Å². The smallest absolute Gasteiger partial charge is 0.414 e. The maximum absolute atomic E-state index is 11.7. The molecule has 0 aliphatic heterocycles. The Hall–Kier alpha value is -1.77. The standard InChI is InChI=1S/C13H17NO2/c1-3-10-14(13(15)16-11-4-2)12-8-6-5-7-9-12/h3,5-9H,1,4,10-11H2,2H3. The molecule has 1 rings (SSSR count). The number of anilines is 1. The highest BCUT2D eigenvalue weighted by molar-refractivity contribution is 5.87. The van der Waals surface area contributed by atoms with Gasteiger partial charge in [-0.2, -0.15) is 0 Å². The second-order valence-corrected chi connectivity index (χ2v) is 3.35. The Morgan fingerprint density at radius 3 is 2.69 bits per heavy atom. The molecule has 0 aliphatic carbocycles. The Kier molecular flexibility index (Phi) is 5.12. The van der Waals surface area contributed by atoms with Crippen molar-refractivity contribution in [2.45, 2.75) is 13.3 Å². The molecule has 1 aromatic carbocycles. The van der Waals surface area contributed by atoms with E-state index in [9.17, 15) is 4.79 Å². The van der Waals surface area contributed by atoms with E-state index in [1.807, 2.05) is 37.3 Å². The van der Waals surface area contributed by atoms with Gasteiger partial charge in [0.15, 0.2) is 0 Å². The number of para-hydroxylation sites is 1. The van der Waals surface area contributed by atoms with Gasteiger partial charge >= 0.3 is 6.09 Å². The molecule has 1 amide bonds. The molecule has 0 spiro atoms. The number of benzene rings is 1. The lowest BCUT2D eigenvalue weighted by molar-refractivity contribution is 0.154. The highest BCUT2D eigenvalue weighted by Gasteiger charge is 2.14. The highest BCUT2D eigenvalue weighted by Crippen LogP contribution is 2.14. The zero-order valence-electron chi connectivity index (χ0n) is 9.56. The fourth-order valence-corrected chi connectivity index (χ4v) is 1.29. The monoisotopic (exact) mass is 219 g/mol. The number of rotatable bonds is 5. The lowest BCUT2D eigenvalue weighted by Crippen LogP contribution is -2.31. The molecule has 0 bridgehead atoms. The Morgan fingerprint density at radius 1 is 1.44 bits per heavy atom. The van der Waals surface area contributed by atoms with E-state index in [1.54, 1.807) is 11.0 Å². The second-order valence-electron chi connectivity index (χ2n) is 3.35. The van der Waals surface area contributed by atoms with Crippen LogP contribution in [0.4, 0.5) is 10.5 Å². The molecule has 0 saturated heterocycles. The van der Waals surface area contributed by atoms with Crippen LogP contribution in [0.25, 0.3) is 0 Å². The van der Waals surface area contributed by atoms with E-state index in [0.29, 0.717) is 13.2 Å². The first kappa shape index (κ1) is 12.3. The summed E-state index contributed by atoms with van der Waals surface area (Å²) in [5.41, 5.74) is 0.823. The van der Waals surface area contributed by atoms with Crippen molar-refractivity contribution in [2.24, 2.45) is 0 Å². The number of hydrogen-bond donors (Lipinski definition) is 0. The van der Waals surface area contributed by atoms with E-state index >= 15 is 0 Å². The largest absolute Gasteiger partial charge is 0.449 e. The molecule has 86 valence electrons. The third-order valence-electron chi connectivity index (χ3n) is 2.03. The van der Waals surface area contributed by atoms with Crippen LogP contribution in [0.5, 0.6) is 0 Å². The summed E-state index contributed by atoms with van der Waals surface area (Å²) in [5, 5.41) is 0. The molecule has 0 N–H and O–H groups in total. The van der Waals surface area contributed by atoms with E-state index in [1.165, 1.54) is 0 Å². The molecule has 3 heteroatoms. The lowest BCUT2D eigenvalue weighted by Gasteiger charge is -2.20. The molecule has 16 heavy (non-hydrogen) atoms. The molecule has 0 aromatic heterocycles. The van der Waals surface area contributed by atoms with Crippen LogP contribution >= 0.6 is 0 Å². The minimum Gasteiger partial charge on any atom is -0.449 e. The van der Waals surface area contributed by atoms with E-state index in [0.717, 1.165) is 12.1 Å². The summed E-state index contributed by atoms with van der Waals surface area (Å²) in [7, 11) is 0. The Morgan fingerprint density at radius 2 is 2.12 bits per heavy atom. The zero-order valence-corrected chi connectivity index (χ0v) is 9.56. The molecular formula is C13H17NO2. The van der Waals surface area contributed by atoms with Crippen molar-refractivity contribution in [3.8, 4) is 0 Å². The summed E-state index contributed by atoms with van der Waals surface area (Å²) < 4.78 is 5.10. The van der Waals surface area contributed by atoms with Crippen LogP contribution < -0.4 is 4.90 Å². The van der Waals surface area contributed by atoms with Crippen molar-refractivity contribution in [1.29, 1.82) is 0 Å². The van der Waals surface area contributed by atoms with Crippen LogP contribution in [0, 0.1) is 0 Å². The molecule has 0 radical (unpaired) electrons. The van der Waals surface area contributed by atoms with Crippen molar-refractivity contribution < 1.29 is 9.53 Å². The van der Waals surface area contributed by atoms with E-state index in [-0.39, 0.29) is 6.09 Å². The molecule has 0 saturated carbocycles. The molecule has 0 heterocycles. The lowest BCUT2D eigenvalue weighted by atomic mass is 10.3. The van der Waals surface area contributed by atoms with E-state index in [2.05, 4.69) is 6.58 Å². The van der Waals surface area contributed by atoms with Crippen LogP contribution in [0.3, 0.4) is 0 Å². The van der Waals surface area contributed by atoms with Crippen molar-refractivity contribution in [3.05, 3.63) is 43.0 Å². The quantitative estimate of drug-likeness (QED) is 0.711. The van der Waals surface area contributed by atoms with Crippen LogP contribution in [0.1, 0.15) is 13.3 Å². The third kappa shape index (κ3) is 3.42. The minimum atomic E-state index is -0.326. The van der Waals surface area contributed by atoms with E-state index in [4.69, 9.17) is 4.74 Å². The molecule has 3 nitrogen and oxygen atoms in total. The fraction of sp³-hybridized carbons (Fsp3) is 0.308. The number of hydrogen-bond acceptors (Lipinski definition) is 2. The van der Waals surface area contributed by atoms with Gasteiger partial charge in [0.25, 0.3) is 0 Å². The van der Waals surface area contributed by atoms with Crippen molar-refractivity contribution in [1.82, 2.24) is 0 Å². The van der Waals surface area contributed by atoms with Crippen LogP contribution in [0.15, 0.2) is 43.0 Å². The summed E-state index contributed by atoms with van der Waals surface area (Å²) in [5.74, 6) is 0. The Balaban J connectivity index is 2.74. The summed E-state index contributed by atoms with van der Waals surface area (Å²) in [6.07, 6.45) is 2.18. The van der Waals surface area contributed by atoms with Gasteiger partial charge in [-0.15, -0.1) is 6.58 Å². The summed E-state index contributed by atoms with van der Waals surface area (Å²) in [6.45, 7) is 6.50. The first-order chi connectivity index (χ1) is 7.79. The van der Waals surface area contributed by atoms with Gasteiger partial charge in [-0.05, 0) is 18.6 Å². The first-order valence-corrected chi connectivity index (χ1v) is 5.39. The molecule has 0 aliphatic rings. The van der Waals surface area contributed by atoms with Crippen molar-refractivity contribution in [3.63, 3.8) is 0 Å². The van der Waals surface area contributed by atoms with Gasteiger partial charge in [0.2, 0.25) is 0 Å². The Labute approximate surface area is 96.3 Å². The molecule has 0 unspecified atom stereocenters. The van der Waals surface area contributed by atoms with Crippen LogP contribution in [0.2, 0.25) is 0 Å². The first-order valence-electron chi connectivity index (χ1n) is 5.39. The van der Waals surface area contributed by atoms with Gasteiger partial charge < -0.3 is 4.74 Å². The normalized spacial score (nSPS) is 9.56. The maximum Gasteiger partial charge on any atom is 0.414 e. The minimum absolute atomic E-state index is 0.326. The van der Waals surface area contributed by atoms with Crippen molar-refractivity contribution >= 4 is 11.8 Å². The number of carbonyl (C=O) groups is 1. The summed E-state index contributed by atoms with van der Waals surface area (Å²) in [4.78, 5) is 13.3. The number of carbonyl (C=O) groups excluding carboxylic acids is 1. The molecular weight excluding hydrogens is 202 g/mol. The average molecular weight is 219 g/mol. The second kappa shape index (κ2) is 6.67. The van der Waals surface area contributed by atoms with Crippen molar-refractivity contribution in [2.75, 3.05) is 18.1 Å². The number of amides is 1. The maximum atomic E-state index is 11.7. The molecule has 1 aromatic rings. The van der Waals surface area contributed by atoms with Gasteiger partial charge in [0.05, 0.1) is 6.61 Å². The number of nitrogens with zero attached hydrogens (tertiary/aromatic N) is 1. The number of ether oxygens (including phenoxy) is 1. The summed E-state index contributed by atoms with van der Waals surface area (Å²) in [6, 6.07) is 9.43. The van der Waals surface area contributed by atoms with E-state index < -0.39 is 0 Å². The van der Waals surface area contributed by atoms with Crippen LogP contribution in [-0.4, -0.2) is 19.2 Å². The topological polar surface area (TPSA) is 29.5 Å². The van der Waals surface area contributed by atoms with Crippen LogP contribution in [-0.2, 0) is 4.74 Å². The van der Waals surface area contributed by atoms with Gasteiger partial charge in [0.1, 0.15) is 0 Å². The predicted octanol–water partition coefficient (Wildman–Crippen LogP) is 3.23.